The molecule has 0 saturated heterocycles. The van der Waals surface area contributed by atoms with Crippen LogP contribution >= 0.6 is 0 Å². The Hall–Kier alpha value is -2.83. The summed E-state index contributed by atoms with van der Waals surface area (Å²) in [5.74, 6) is 1.40. The molecule has 2 amide bonds. The predicted molar refractivity (Wildman–Crippen MR) is 97.8 cm³/mol. The van der Waals surface area contributed by atoms with Crippen LogP contribution in [0.1, 0.15) is 18.9 Å². The van der Waals surface area contributed by atoms with E-state index in [2.05, 4.69) is 25.9 Å². The highest BCUT2D eigenvalue weighted by Crippen LogP contribution is 2.13. The van der Waals surface area contributed by atoms with Gasteiger partial charge in [-0.2, -0.15) is 0 Å². The molecule has 1 aromatic heterocycles. The van der Waals surface area contributed by atoms with E-state index in [1.165, 1.54) is 5.56 Å². The van der Waals surface area contributed by atoms with E-state index < -0.39 is 0 Å². The first kappa shape index (κ1) is 18.5. The van der Waals surface area contributed by atoms with Crippen LogP contribution in [-0.2, 0) is 6.42 Å². The number of aromatic nitrogens is 2. The molecule has 3 N–H and O–H groups in total. The Morgan fingerprint density at radius 2 is 1.88 bits per heavy atom. The number of methoxy groups -OCH3 is 1. The van der Waals surface area contributed by atoms with Crippen LogP contribution in [0.3, 0.4) is 0 Å². The van der Waals surface area contributed by atoms with Gasteiger partial charge in [-0.15, -0.1) is 0 Å². The van der Waals surface area contributed by atoms with E-state index in [4.69, 9.17) is 4.74 Å². The molecule has 0 fully saturated rings. The van der Waals surface area contributed by atoms with Crippen LogP contribution in [0.25, 0.3) is 0 Å². The fraction of sp³-hybridized carbons (Fsp3) is 0.389. The van der Waals surface area contributed by atoms with E-state index in [0.717, 1.165) is 18.6 Å². The highest BCUT2D eigenvalue weighted by Gasteiger charge is 2.07. The van der Waals surface area contributed by atoms with Crippen LogP contribution in [0.15, 0.2) is 42.7 Å². The van der Waals surface area contributed by atoms with Crippen molar-refractivity contribution in [1.29, 1.82) is 0 Å². The van der Waals surface area contributed by atoms with Gasteiger partial charge in [-0.1, -0.05) is 12.1 Å². The summed E-state index contributed by atoms with van der Waals surface area (Å²) in [4.78, 5) is 20.0. The number of aryl methyl sites for hydroxylation is 1. The summed E-state index contributed by atoms with van der Waals surface area (Å²) < 4.78 is 5.14. The molecule has 0 unspecified atom stereocenters. The Kier molecular flexibility index (Phi) is 7.49. The summed E-state index contributed by atoms with van der Waals surface area (Å²) in [6, 6.07) is 9.66. The summed E-state index contributed by atoms with van der Waals surface area (Å²) in [6.07, 6.45) is 5.11. The van der Waals surface area contributed by atoms with Crippen molar-refractivity contribution < 1.29 is 9.53 Å². The minimum atomic E-state index is -0.169. The second-order valence-corrected chi connectivity index (χ2v) is 5.69. The molecule has 0 bridgehead atoms. The molecular formula is C18H25N5O2. The van der Waals surface area contributed by atoms with Gasteiger partial charge in [0.15, 0.2) is 0 Å². The standard InChI is InChI=1S/C18H25N5O2/c1-14(4-5-15-6-8-16(25-2)9-7-15)23-18(24)22-13-12-21-17-19-10-3-11-20-17/h3,6-11,14H,4-5,12-13H2,1-2H3,(H,19,20,21)(H2,22,23,24)/t14-/m1/s1. The van der Waals surface area contributed by atoms with E-state index in [0.29, 0.717) is 19.0 Å². The molecule has 0 spiro atoms. The number of hydrogen-bond acceptors (Lipinski definition) is 5. The fourth-order valence-electron chi connectivity index (χ4n) is 2.26. The number of rotatable bonds is 9. The van der Waals surface area contributed by atoms with Crippen LogP contribution in [0.4, 0.5) is 10.7 Å². The van der Waals surface area contributed by atoms with Crippen LogP contribution in [0.5, 0.6) is 5.75 Å². The lowest BCUT2D eigenvalue weighted by Crippen LogP contribution is -2.42. The molecule has 1 heterocycles. The van der Waals surface area contributed by atoms with Crippen LogP contribution in [0, 0.1) is 0 Å². The fourth-order valence-corrected chi connectivity index (χ4v) is 2.26. The Bertz CT molecular complexity index is 634. The quantitative estimate of drug-likeness (QED) is 0.608. The molecule has 0 aliphatic heterocycles. The number of amides is 2. The normalized spacial score (nSPS) is 11.4. The lowest BCUT2D eigenvalue weighted by Gasteiger charge is -2.15. The third-order valence-electron chi connectivity index (χ3n) is 3.66. The van der Waals surface area contributed by atoms with Crippen LogP contribution in [-0.4, -0.2) is 42.2 Å². The lowest BCUT2D eigenvalue weighted by atomic mass is 10.1. The molecule has 0 saturated carbocycles. The molecule has 0 aliphatic rings. The SMILES string of the molecule is COc1ccc(CC[C@@H](C)NC(=O)NCCNc2ncccn2)cc1. The minimum Gasteiger partial charge on any atom is -0.497 e. The highest BCUT2D eigenvalue weighted by atomic mass is 16.5. The molecule has 134 valence electrons. The molecule has 2 rings (SSSR count). The summed E-state index contributed by atoms with van der Waals surface area (Å²) in [5.41, 5.74) is 1.22. The van der Waals surface area contributed by atoms with Crippen molar-refractivity contribution in [2.45, 2.75) is 25.8 Å². The second kappa shape index (κ2) is 10.1. The Morgan fingerprint density at radius 3 is 2.56 bits per heavy atom. The largest absolute Gasteiger partial charge is 0.497 e. The van der Waals surface area contributed by atoms with Crippen molar-refractivity contribution in [3.63, 3.8) is 0 Å². The predicted octanol–water partition coefficient (Wildman–Crippen LogP) is 2.22. The first-order chi connectivity index (χ1) is 12.2. The average molecular weight is 343 g/mol. The van der Waals surface area contributed by atoms with Gasteiger partial charge < -0.3 is 20.7 Å². The molecule has 0 radical (unpaired) electrons. The molecule has 7 nitrogen and oxygen atoms in total. The van der Waals surface area contributed by atoms with Crippen molar-refractivity contribution in [2.75, 3.05) is 25.5 Å². The Balaban J connectivity index is 1.59. The van der Waals surface area contributed by atoms with Gasteiger partial charge in [0.2, 0.25) is 5.95 Å². The number of ether oxygens (including phenoxy) is 1. The zero-order valence-electron chi connectivity index (χ0n) is 14.7. The van der Waals surface area contributed by atoms with Crippen molar-refractivity contribution in [2.24, 2.45) is 0 Å². The first-order valence-electron chi connectivity index (χ1n) is 8.35. The minimum absolute atomic E-state index is 0.0903. The van der Waals surface area contributed by atoms with Crippen molar-refractivity contribution in [3.8, 4) is 5.75 Å². The van der Waals surface area contributed by atoms with E-state index in [1.807, 2.05) is 31.2 Å². The molecule has 1 atom stereocenters. The zero-order valence-corrected chi connectivity index (χ0v) is 14.7. The van der Waals surface area contributed by atoms with Gasteiger partial charge >= 0.3 is 6.03 Å². The van der Waals surface area contributed by atoms with Crippen molar-refractivity contribution in [3.05, 3.63) is 48.3 Å². The third-order valence-corrected chi connectivity index (χ3v) is 3.66. The molecule has 1 aromatic carbocycles. The van der Waals surface area contributed by atoms with Gasteiger partial charge in [0.1, 0.15) is 5.75 Å². The molecule has 7 heteroatoms. The van der Waals surface area contributed by atoms with Gasteiger partial charge in [0.25, 0.3) is 0 Å². The monoisotopic (exact) mass is 343 g/mol. The van der Waals surface area contributed by atoms with E-state index in [9.17, 15) is 4.79 Å². The lowest BCUT2D eigenvalue weighted by molar-refractivity contribution is 0.237. The van der Waals surface area contributed by atoms with Crippen LogP contribution in [0.2, 0.25) is 0 Å². The number of hydrogen-bond donors (Lipinski definition) is 3. The van der Waals surface area contributed by atoms with Gasteiger partial charge in [-0.05, 0) is 43.5 Å². The molecule has 0 aliphatic carbocycles. The number of carbonyl (C=O) groups excluding carboxylic acids is 1. The number of nitrogens with one attached hydrogen (secondary N) is 3. The first-order valence-corrected chi connectivity index (χ1v) is 8.35. The number of carbonyl (C=O) groups is 1. The average Bonchev–Trinajstić information content (AvgIpc) is 2.65. The second-order valence-electron chi connectivity index (χ2n) is 5.69. The van der Waals surface area contributed by atoms with Crippen molar-refractivity contribution >= 4 is 12.0 Å². The maximum Gasteiger partial charge on any atom is 0.315 e. The summed E-state index contributed by atoms with van der Waals surface area (Å²) in [6.45, 7) is 3.06. The third kappa shape index (κ3) is 7.07. The van der Waals surface area contributed by atoms with E-state index >= 15 is 0 Å². The maximum atomic E-state index is 11.9. The van der Waals surface area contributed by atoms with Gasteiger partial charge in [-0.3, -0.25) is 0 Å². The summed E-state index contributed by atoms with van der Waals surface area (Å²) in [5, 5.41) is 8.78. The maximum absolute atomic E-state index is 11.9. The highest BCUT2D eigenvalue weighted by molar-refractivity contribution is 5.74. The summed E-state index contributed by atoms with van der Waals surface area (Å²) >= 11 is 0. The number of nitrogens with zero attached hydrogens (tertiary/aromatic N) is 2. The van der Waals surface area contributed by atoms with E-state index in [-0.39, 0.29) is 12.1 Å². The van der Waals surface area contributed by atoms with Gasteiger partial charge in [-0.25, -0.2) is 14.8 Å². The Morgan fingerprint density at radius 1 is 1.16 bits per heavy atom. The summed E-state index contributed by atoms with van der Waals surface area (Å²) in [7, 11) is 1.65. The molecule has 2 aromatic rings. The molecular weight excluding hydrogens is 318 g/mol. The van der Waals surface area contributed by atoms with E-state index in [1.54, 1.807) is 25.6 Å². The van der Waals surface area contributed by atoms with Crippen LogP contribution < -0.4 is 20.7 Å². The molecule has 25 heavy (non-hydrogen) atoms. The van der Waals surface area contributed by atoms with Crippen molar-refractivity contribution in [1.82, 2.24) is 20.6 Å². The van der Waals surface area contributed by atoms with Gasteiger partial charge in [0, 0.05) is 31.5 Å². The zero-order chi connectivity index (χ0) is 17.9. The number of anilines is 1. The van der Waals surface area contributed by atoms with Gasteiger partial charge in [0.05, 0.1) is 7.11 Å². The number of urea groups is 1. The smallest absolute Gasteiger partial charge is 0.315 e. The Labute approximate surface area is 148 Å². The number of benzene rings is 1. The topological polar surface area (TPSA) is 88.2 Å².